The molecule has 0 aromatic carbocycles. The zero-order chi connectivity index (χ0) is 11.4. The highest BCUT2D eigenvalue weighted by Gasteiger charge is 2.30. The van der Waals surface area contributed by atoms with Crippen molar-refractivity contribution in [2.24, 2.45) is 11.8 Å². The summed E-state index contributed by atoms with van der Waals surface area (Å²) in [5.41, 5.74) is 0. The van der Waals surface area contributed by atoms with Gasteiger partial charge in [-0.2, -0.15) is 0 Å². The first-order valence-electron chi connectivity index (χ1n) is 6.44. The molecule has 0 bridgehead atoms. The molecular formula is C13H26IN. The largest absolute Gasteiger partial charge is 0.312 e. The van der Waals surface area contributed by atoms with Gasteiger partial charge in [0, 0.05) is 16.0 Å². The standard InChI is InChI=1S/C13H26IN/c1-5-6-9(2)12-7-10(3)15-11(4)8-13(12)14/h9-13,15H,5-8H2,1-4H3/t9?,10?,11?,12-,13?/m0/s1. The highest BCUT2D eigenvalue weighted by molar-refractivity contribution is 14.1. The molecule has 1 aliphatic rings. The summed E-state index contributed by atoms with van der Waals surface area (Å²) < 4.78 is 0.858. The molecule has 0 aromatic heterocycles. The molecule has 15 heavy (non-hydrogen) atoms. The Morgan fingerprint density at radius 2 is 1.87 bits per heavy atom. The number of rotatable bonds is 3. The molecule has 0 radical (unpaired) electrons. The summed E-state index contributed by atoms with van der Waals surface area (Å²) in [5, 5.41) is 3.69. The van der Waals surface area contributed by atoms with Gasteiger partial charge >= 0.3 is 0 Å². The summed E-state index contributed by atoms with van der Waals surface area (Å²) in [7, 11) is 0. The van der Waals surface area contributed by atoms with Crippen molar-refractivity contribution in [3.8, 4) is 0 Å². The molecule has 90 valence electrons. The minimum absolute atomic E-state index is 0.695. The number of alkyl halides is 1. The number of hydrogen-bond acceptors (Lipinski definition) is 1. The van der Waals surface area contributed by atoms with Gasteiger partial charge in [-0.3, -0.25) is 0 Å². The maximum Gasteiger partial charge on any atom is 0.0156 e. The zero-order valence-electron chi connectivity index (χ0n) is 10.6. The molecule has 1 saturated heterocycles. The predicted molar refractivity (Wildman–Crippen MR) is 76.7 cm³/mol. The van der Waals surface area contributed by atoms with Gasteiger partial charge in [0.25, 0.3) is 0 Å². The Labute approximate surface area is 109 Å². The van der Waals surface area contributed by atoms with Crippen LogP contribution in [0.25, 0.3) is 0 Å². The molecule has 1 heterocycles. The van der Waals surface area contributed by atoms with Gasteiger partial charge in [-0.25, -0.2) is 0 Å². The fraction of sp³-hybridized carbons (Fsp3) is 1.00. The van der Waals surface area contributed by atoms with E-state index >= 15 is 0 Å². The van der Waals surface area contributed by atoms with Crippen molar-refractivity contribution in [1.29, 1.82) is 0 Å². The van der Waals surface area contributed by atoms with E-state index in [-0.39, 0.29) is 0 Å². The first kappa shape index (κ1) is 13.8. The number of nitrogens with one attached hydrogen (secondary N) is 1. The van der Waals surface area contributed by atoms with Gasteiger partial charge in [0.05, 0.1) is 0 Å². The first-order valence-corrected chi connectivity index (χ1v) is 7.69. The van der Waals surface area contributed by atoms with Gasteiger partial charge in [-0.05, 0) is 38.5 Å². The number of hydrogen-bond donors (Lipinski definition) is 1. The lowest BCUT2D eigenvalue weighted by molar-refractivity contribution is 0.303. The maximum atomic E-state index is 3.69. The Hall–Kier alpha value is 0.690. The van der Waals surface area contributed by atoms with Crippen molar-refractivity contribution in [1.82, 2.24) is 5.32 Å². The molecule has 1 fully saturated rings. The van der Waals surface area contributed by atoms with Crippen molar-refractivity contribution in [2.45, 2.75) is 69.4 Å². The van der Waals surface area contributed by atoms with E-state index in [0.29, 0.717) is 12.1 Å². The smallest absolute Gasteiger partial charge is 0.0156 e. The first-order chi connectivity index (χ1) is 7.04. The second-order valence-electron chi connectivity index (χ2n) is 5.39. The van der Waals surface area contributed by atoms with E-state index in [1.165, 1.54) is 25.7 Å². The van der Waals surface area contributed by atoms with E-state index in [2.05, 4.69) is 55.6 Å². The third-order valence-electron chi connectivity index (χ3n) is 3.71. The second kappa shape index (κ2) is 6.43. The lowest BCUT2D eigenvalue weighted by Crippen LogP contribution is -2.32. The molecule has 0 spiro atoms. The Bertz CT molecular complexity index is 183. The van der Waals surface area contributed by atoms with Crippen LogP contribution in [-0.4, -0.2) is 16.0 Å². The molecule has 1 aliphatic heterocycles. The fourth-order valence-corrected chi connectivity index (χ4v) is 4.71. The van der Waals surface area contributed by atoms with Gasteiger partial charge in [-0.15, -0.1) is 0 Å². The summed E-state index contributed by atoms with van der Waals surface area (Å²) in [4.78, 5) is 0. The van der Waals surface area contributed by atoms with Crippen LogP contribution in [0.15, 0.2) is 0 Å². The van der Waals surface area contributed by atoms with E-state index in [9.17, 15) is 0 Å². The monoisotopic (exact) mass is 323 g/mol. The van der Waals surface area contributed by atoms with Crippen LogP contribution in [0.5, 0.6) is 0 Å². The highest BCUT2D eigenvalue weighted by atomic mass is 127. The SMILES string of the molecule is CCCC(C)[C@@H]1CC(C)NC(C)CC1I. The Morgan fingerprint density at radius 3 is 2.47 bits per heavy atom. The topological polar surface area (TPSA) is 12.0 Å². The lowest BCUT2D eigenvalue weighted by atomic mass is 9.83. The minimum atomic E-state index is 0.695. The summed E-state index contributed by atoms with van der Waals surface area (Å²) in [5.74, 6) is 1.81. The van der Waals surface area contributed by atoms with Crippen LogP contribution in [-0.2, 0) is 0 Å². The fourth-order valence-electron chi connectivity index (χ4n) is 2.95. The molecule has 0 aromatic rings. The Morgan fingerprint density at radius 1 is 1.27 bits per heavy atom. The van der Waals surface area contributed by atoms with Crippen LogP contribution < -0.4 is 5.32 Å². The van der Waals surface area contributed by atoms with Gasteiger partial charge in [0.2, 0.25) is 0 Å². The molecule has 0 aliphatic carbocycles. The molecule has 0 saturated carbocycles. The van der Waals surface area contributed by atoms with Gasteiger partial charge < -0.3 is 5.32 Å². The molecule has 1 rings (SSSR count). The van der Waals surface area contributed by atoms with Crippen molar-refractivity contribution in [2.75, 3.05) is 0 Å². The summed E-state index contributed by atoms with van der Waals surface area (Å²) in [6.07, 6.45) is 5.42. The Kier molecular flexibility index (Phi) is 5.90. The summed E-state index contributed by atoms with van der Waals surface area (Å²) >= 11 is 2.68. The van der Waals surface area contributed by atoms with E-state index in [1.54, 1.807) is 0 Å². The molecule has 4 unspecified atom stereocenters. The van der Waals surface area contributed by atoms with Gasteiger partial charge in [0.15, 0.2) is 0 Å². The van der Waals surface area contributed by atoms with Crippen molar-refractivity contribution < 1.29 is 0 Å². The van der Waals surface area contributed by atoms with Crippen LogP contribution in [0.3, 0.4) is 0 Å². The average molecular weight is 323 g/mol. The predicted octanol–water partition coefficient (Wildman–Crippen LogP) is 4.00. The lowest BCUT2D eigenvalue weighted by Gasteiger charge is -2.27. The molecule has 2 heteroatoms. The number of halogens is 1. The van der Waals surface area contributed by atoms with Crippen LogP contribution >= 0.6 is 22.6 Å². The van der Waals surface area contributed by atoms with Crippen LogP contribution in [0, 0.1) is 11.8 Å². The summed E-state index contributed by atoms with van der Waals surface area (Å²) in [6.45, 7) is 9.42. The maximum absolute atomic E-state index is 3.69. The van der Waals surface area contributed by atoms with Crippen molar-refractivity contribution >= 4 is 22.6 Å². The third-order valence-corrected chi connectivity index (χ3v) is 5.15. The average Bonchev–Trinajstić information content (AvgIpc) is 2.24. The third kappa shape index (κ3) is 4.22. The van der Waals surface area contributed by atoms with E-state index in [1.807, 2.05) is 0 Å². The minimum Gasteiger partial charge on any atom is -0.312 e. The van der Waals surface area contributed by atoms with Gasteiger partial charge in [0.1, 0.15) is 0 Å². The van der Waals surface area contributed by atoms with E-state index in [0.717, 1.165) is 15.8 Å². The van der Waals surface area contributed by atoms with Crippen molar-refractivity contribution in [3.63, 3.8) is 0 Å². The van der Waals surface area contributed by atoms with Gasteiger partial charge in [-0.1, -0.05) is 49.3 Å². The molecule has 0 amide bonds. The van der Waals surface area contributed by atoms with Crippen LogP contribution in [0.2, 0.25) is 0 Å². The normalized spacial score (nSPS) is 39.8. The summed E-state index contributed by atoms with van der Waals surface area (Å²) in [6, 6.07) is 1.39. The highest BCUT2D eigenvalue weighted by Crippen LogP contribution is 2.34. The molecule has 1 N–H and O–H groups in total. The quantitative estimate of drug-likeness (QED) is 0.611. The van der Waals surface area contributed by atoms with Crippen LogP contribution in [0.4, 0.5) is 0 Å². The van der Waals surface area contributed by atoms with Crippen molar-refractivity contribution in [3.05, 3.63) is 0 Å². The second-order valence-corrected chi connectivity index (χ2v) is 6.99. The van der Waals surface area contributed by atoms with Crippen LogP contribution in [0.1, 0.15) is 53.4 Å². The molecular weight excluding hydrogens is 297 g/mol. The van der Waals surface area contributed by atoms with E-state index in [4.69, 9.17) is 0 Å². The molecule has 5 atom stereocenters. The Balaban J connectivity index is 2.60. The molecule has 1 nitrogen and oxygen atoms in total. The zero-order valence-corrected chi connectivity index (χ0v) is 12.8. The van der Waals surface area contributed by atoms with E-state index < -0.39 is 0 Å².